The molecule has 0 radical (unpaired) electrons. The third-order valence-electron chi connectivity index (χ3n) is 5.27. The molecule has 140 valence electrons. The van der Waals surface area contributed by atoms with Crippen LogP contribution >= 0.6 is 0 Å². The second kappa shape index (κ2) is 7.29. The van der Waals surface area contributed by atoms with E-state index in [2.05, 4.69) is 5.32 Å². The lowest BCUT2D eigenvalue weighted by Gasteiger charge is -2.32. The van der Waals surface area contributed by atoms with Gasteiger partial charge in [0.05, 0.1) is 11.2 Å². The molecule has 3 rings (SSSR count). The van der Waals surface area contributed by atoms with E-state index in [-0.39, 0.29) is 17.1 Å². The summed E-state index contributed by atoms with van der Waals surface area (Å²) in [4.78, 5) is 22.9. The molecule has 0 spiro atoms. The Morgan fingerprint density at radius 2 is 1.52 bits per heavy atom. The van der Waals surface area contributed by atoms with Crippen molar-refractivity contribution >= 4 is 24.8 Å². The van der Waals surface area contributed by atoms with Crippen LogP contribution in [0.25, 0.3) is 0 Å². The van der Waals surface area contributed by atoms with Crippen LogP contribution in [0.15, 0.2) is 48.5 Å². The highest BCUT2D eigenvalue weighted by molar-refractivity contribution is 6.62. The van der Waals surface area contributed by atoms with E-state index in [1.54, 1.807) is 24.3 Å². The van der Waals surface area contributed by atoms with Gasteiger partial charge in [-0.1, -0.05) is 36.4 Å². The Hall–Kier alpha value is -2.44. The second-order valence-corrected chi connectivity index (χ2v) is 7.75. The first-order chi connectivity index (χ1) is 12.7. The fourth-order valence-corrected chi connectivity index (χ4v) is 2.77. The summed E-state index contributed by atoms with van der Waals surface area (Å²) in [5, 5.41) is 2.88. The zero-order valence-corrected chi connectivity index (χ0v) is 16.1. The van der Waals surface area contributed by atoms with Crippen LogP contribution in [0, 0.1) is 0 Å². The molecule has 6 heteroatoms. The highest BCUT2D eigenvalue weighted by Crippen LogP contribution is 2.36. The van der Waals surface area contributed by atoms with Crippen molar-refractivity contribution in [3.63, 3.8) is 0 Å². The van der Waals surface area contributed by atoms with Gasteiger partial charge in [-0.05, 0) is 50.9 Å². The Labute approximate surface area is 160 Å². The standard InChI is InChI=1S/C21H24BNO4/c1-20(2)21(3,4)27-22(26-20)18-11-7-15(8-12-18)13-23-19(25)17-9-5-16(14-24)6-10-17/h5-12,14H,13H2,1-4H3,(H,23,25). The van der Waals surface area contributed by atoms with Gasteiger partial charge >= 0.3 is 7.12 Å². The number of nitrogens with one attached hydrogen (secondary N) is 1. The predicted octanol–water partition coefficient (Wildman–Crippen LogP) is 2.73. The third-order valence-corrected chi connectivity index (χ3v) is 5.27. The number of hydrogen-bond acceptors (Lipinski definition) is 4. The van der Waals surface area contributed by atoms with Crippen LogP contribution < -0.4 is 10.8 Å². The Morgan fingerprint density at radius 3 is 2.04 bits per heavy atom. The highest BCUT2D eigenvalue weighted by atomic mass is 16.7. The molecule has 1 fully saturated rings. The summed E-state index contributed by atoms with van der Waals surface area (Å²) >= 11 is 0. The normalized spacial score (nSPS) is 17.6. The largest absolute Gasteiger partial charge is 0.494 e. The summed E-state index contributed by atoms with van der Waals surface area (Å²) in [5.41, 5.74) is 2.26. The molecule has 0 atom stereocenters. The Balaban J connectivity index is 1.59. The van der Waals surface area contributed by atoms with Gasteiger partial charge in [0, 0.05) is 17.7 Å². The van der Waals surface area contributed by atoms with Gasteiger partial charge in [-0.2, -0.15) is 0 Å². The van der Waals surface area contributed by atoms with E-state index in [4.69, 9.17) is 9.31 Å². The molecule has 1 aliphatic heterocycles. The maximum Gasteiger partial charge on any atom is 0.494 e. The Morgan fingerprint density at radius 1 is 0.963 bits per heavy atom. The Bertz CT molecular complexity index is 812. The molecule has 2 aromatic rings. The SMILES string of the molecule is CC1(C)OB(c2ccc(CNC(=O)c3ccc(C=O)cc3)cc2)OC1(C)C. The van der Waals surface area contributed by atoms with Gasteiger partial charge in [-0.25, -0.2) is 0 Å². The minimum atomic E-state index is -0.394. The number of hydrogen-bond donors (Lipinski definition) is 1. The van der Waals surface area contributed by atoms with Gasteiger partial charge < -0.3 is 14.6 Å². The van der Waals surface area contributed by atoms with E-state index in [9.17, 15) is 9.59 Å². The molecule has 2 aromatic carbocycles. The quantitative estimate of drug-likeness (QED) is 0.654. The highest BCUT2D eigenvalue weighted by Gasteiger charge is 2.51. The fourth-order valence-electron chi connectivity index (χ4n) is 2.77. The number of rotatable bonds is 5. The lowest BCUT2D eigenvalue weighted by atomic mass is 9.79. The maximum atomic E-state index is 12.2. The zero-order valence-electron chi connectivity index (χ0n) is 16.1. The summed E-state index contributed by atoms with van der Waals surface area (Å²) in [5.74, 6) is -0.178. The fraction of sp³-hybridized carbons (Fsp3) is 0.333. The van der Waals surface area contributed by atoms with Gasteiger partial charge in [0.25, 0.3) is 5.91 Å². The monoisotopic (exact) mass is 365 g/mol. The van der Waals surface area contributed by atoms with Crippen LogP contribution in [0.2, 0.25) is 0 Å². The minimum absolute atomic E-state index is 0.178. The molecule has 1 saturated heterocycles. The van der Waals surface area contributed by atoms with Crippen molar-refractivity contribution in [2.45, 2.75) is 45.4 Å². The van der Waals surface area contributed by atoms with Crippen molar-refractivity contribution in [1.82, 2.24) is 5.32 Å². The van der Waals surface area contributed by atoms with Gasteiger partial charge in [-0.3, -0.25) is 9.59 Å². The van der Waals surface area contributed by atoms with Gasteiger partial charge in [0.1, 0.15) is 6.29 Å². The van der Waals surface area contributed by atoms with E-state index in [1.165, 1.54) is 0 Å². The van der Waals surface area contributed by atoms with Crippen molar-refractivity contribution in [1.29, 1.82) is 0 Å². The summed E-state index contributed by atoms with van der Waals surface area (Å²) < 4.78 is 12.1. The van der Waals surface area contributed by atoms with Crippen molar-refractivity contribution < 1.29 is 18.9 Å². The molecule has 0 aromatic heterocycles. The molecule has 0 unspecified atom stereocenters. The number of amides is 1. The smallest absolute Gasteiger partial charge is 0.399 e. The predicted molar refractivity (Wildman–Crippen MR) is 105 cm³/mol. The molecular weight excluding hydrogens is 341 g/mol. The van der Waals surface area contributed by atoms with Crippen LogP contribution in [0.4, 0.5) is 0 Å². The molecule has 1 amide bonds. The van der Waals surface area contributed by atoms with E-state index < -0.39 is 7.12 Å². The number of aldehydes is 1. The molecule has 27 heavy (non-hydrogen) atoms. The average molecular weight is 365 g/mol. The summed E-state index contributed by atoms with van der Waals surface area (Å²) in [6.07, 6.45) is 0.753. The van der Waals surface area contributed by atoms with E-state index in [0.29, 0.717) is 17.7 Å². The van der Waals surface area contributed by atoms with Crippen molar-refractivity contribution in [2.75, 3.05) is 0 Å². The summed E-state index contributed by atoms with van der Waals surface area (Å²) in [6, 6.07) is 14.4. The molecular formula is C21H24BNO4. The van der Waals surface area contributed by atoms with Crippen LogP contribution in [-0.4, -0.2) is 30.5 Å². The van der Waals surface area contributed by atoms with Gasteiger partial charge in [0.2, 0.25) is 0 Å². The van der Waals surface area contributed by atoms with Crippen LogP contribution in [0.5, 0.6) is 0 Å². The molecule has 1 aliphatic rings. The van der Waals surface area contributed by atoms with Crippen LogP contribution in [0.1, 0.15) is 54.0 Å². The molecule has 0 aliphatic carbocycles. The van der Waals surface area contributed by atoms with Gasteiger partial charge in [0.15, 0.2) is 0 Å². The lowest BCUT2D eigenvalue weighted by Crippen LogP contribution is -2.41. The van der Waals surface area contributed by atoms with Crippen molar-refractivity contribution in [2.24, 2.45) is 0 Å². The zero-order chi connectivity index (χ0) is 19.7. The van der Waals surface area contributed by atoms with E-state index in [1.807, 2.05) is 52.0 Å². The first-order valence-electron chi connectivity index (χ1n) is 9.00. The molecule has 0 bridgehead atoms. The molecule has 1 heterocycles. The van der Waals surface area contributed by atoms with E-state index >= 15 is 0 Å². The number of carbonyl (C=O) groups excluding carboxylic acids is 2. The van der Waals surface area contributed by atoms with E-state index in [0.717, 1.165) is 17.3 Å². The Kier molecular flexibility index (Phi) is 5.22. The molecule has 1 N–H and O–H groups in total. The number of carbonyl (C=O) groups is 2. The summed E-state index contributed by atoms with van der Waals surface area (Å²) in [6.45, 7) is 8.52. The topological polar surface area (TPSA) is 64.6 Å². The van der Waals surface area contributed by atoms with Crippen LogP contribution in [0.3, 0.4) is 0 Å². The van der Waals surface area contributed by atoms with Gasteiger partial charge in [-0.15, -0.1) is 0 Å². The number of benzene rings is 2. The lowest BCUT2D eigenvalue weighted by molar-refractivity contribution is 0.00578. The second-order valence-electron chi connectivity index (χ2n) is 7.75. The summed E-state index contributed by atoms with van der Waals surface area (Å²) in [7, 11) is -0.394. The first-order valence-corrected chi connectivity index (χ1v) is 9.00. The first kappa shape index (κ1) is 19.3. The maximum absolute atomic E-state index is 12.2. The van der Waals surface area contributed by atoms with Crippen molar-refractivity contribution in [3.8, 4) is 0 Å². The minimum Gasteiger partial charge on any atom is -0.399 e. The third kappa shape index (κ3) is 4.12. The molecule has 5 nitrogen and oxygen atoms in total. The van der Waals surface area contributed by atoms with Crippen LogP contribution in [-0.2, 0) is 15.9 Å². The average Bonchev–Trinajstić information content (AvgIpc) is 2.87. The molecule has 0 saturated carbocycles. The van der Waals surface area contributed by atoms with Crippen molar-refractivity contribution in [3.05, 3.63) is 65.2 Å².